The van der Waals surface area contributed by atoms with Crippen molar-refractivity contribution in [1.29, 1.82) is 0 Å². The topological polar surface area (TPSA) is 74.4 Å². The summed E-state index contributed by atoms with van der Waals surface area (Å²) in [6, 6.07) is 7.61. The number of fused-ring (bicyclic) bond motifs is 1. The van der Waals surface area contributed by atoms with Crippen LogP contribution >= 0.6 is 12.4 Å². The molecule has 1 aliphatic heterocycles. The number of halogens is 7. The Morgan fingerprint density at radius 2 is 1.60 bits per heavy atom. The Kier molecular flexibility index (Phi) is 10.3. The number of nitrogens with one attached hydrogen (secondary N) is 2. The van der Waals surface area contributed by atoms with Crippen LogP contribution in [0.2, 0.25) is 0 Å². The molecule has 1 amide bonds. The van der Waals surface area contributed by atoms with Gasteiger partial charge in [-0.15, -0.1) is 12.4 Å². The number of Topliss-reactive ketones (excluding diaryl/α,β-unsaturated/α-hetero) is 1. The molecule has 2 N–H and O–H groups in total. The lowest BCUT2D eigenvalue weighted by atomic mass is 9.95. The van der Waals surface area contributed by atoms with Crippen molar-refractivity contribution in [3.63, 3.8) is 0 Å². The fourth-order valence-electron chi connectivity index (χ4n) is 4.57. The summed E-state index contributed by atoms with van der Waals surface area (Å²) in [5.74, 6) is -0.907. The monoisotopic (exact) mass is 591 g/mol. The van der Waals surface area contributed by atoms with Crippen molar-refractivity contribution in [2.45, 2.75) is 37.7 Å². The minimum atomic E-state index is -4.98. The largest absolute Gasteiger partial charge is 0.416 e. The molecular formula is C27H28ClF6N3O3. The number of H-pyrrole nitrogens is 1. The van der Waals surface area contributed by atoms with Crippen molar-refractivity contribution in [3.05, 3.63) is 70.9 Å². The minimum Gasteiger partial charge on any atom is -0.379 e. The van der Waals surface area contributed by atoms with E-state index in [0.29, 0.717) is 38.4 Å². The van der Waals surface area contributed by atoms with Gasteiger partial charge in [-0.1, -0.05) is 18.2 Å². The first-order valence-electron chi connectivity index (χ1n) is 12.4. The van der Waals surface area contributed by atoms with Crippen molar-refractivity contribution in [3.8, 4) is 0 Å². The summed E-state index contributed by atoms with van der Waals surface area (Å²) in [5, 5.41) is 3.57. The van der Waals surface area contributed by atoms with E-state index in [0.717, 1.165) is 16.5 Å². The van der Waals surface area contributed by atoms with Gasteiger partial charge in [0, 0.05) is 43.0 Å². The number of aryl methyl sites for hydroxylation is 1. The van der Waals surface area contributed by atoms with Crippen LogP contribution in [0, 0.1) is 0 Å². The van der Waals surface area contributed by atoms with Crippen LogP contribution in [-0.2, 0) is 39.5 Å². The predicted molar refractivity (Wildman–Crippen MR) is 138 cm³/mol. The lowest BCUT2D eigenvalue weighted by Crippen LogP contribution is -2.48. The molecule has 6 nitrogen and oxygen atoms in total. The number of alkyl halides is 6. The lowest BCUT2D eigenvalue weighted by molar-refractivity contribution is -0.143. The van der Waals surface area contributed by atoms with Gasteiger partial charge in [-0.05, 0) is 41.8 Å². The molecule has 1 fully saturated rings. The zero-order valence-electron chi connectivity index (χ0n) is 21.2. The Labute approximate surface area is 232 Å². The van der Waals surface area contributed by atoms with Crippen molar-refractivity contribution >= 4 is 35.0 Å². The van der Waals surface area contributed by atoms with Gasteiger partial charge in [-0.2, -0.15) is 26.3 Å². The van der Waals surface area contributed by atoms with Crippen molar-refractivity contribution < 1.29 is 40.7 Å². The van der Waals surface area contributed by atoms with E-state index in [-0.39, 0.29) is 49.8 Å². The fraction of sp³-hybridized carbons (Fsp3) is 0.407. The van der Waals surface area contributed by atoms with Gasteiger partial charge >= 0.3 is 12.4 Å². The highest BCUT2D eigenvalue weighted by Gasteiger charge is 2.37. The quantitative estimate of drug-likeness (QED) is 0.336. The standard InChI is InChI=1S/C27H27F6N3O3.ClH/c28-26(29,30)19-11-17(12-20(14-19)27(31,32)33)5-6-24(37)23(35-25(38)16-36-7-9-39-10-8-36)13-18-15-34-22-4-2-1-3-21(18)22;/h1-4,11-12,14-15,23,34H,5-10,13,16H2,(H,35,38);1H. The molecule has 13 heteroatoms. The Bertz CT molecular complexity index is 1290. The molecule has 0 aliphatic carbocycles. The number of morpholine rings is 1. The molecule has 1 atom stereocenters. The second-order valence-corrected chi connectivity index (χ2v) is 9.45. The Balaban J connectivity index is 0.00000441. The maximum Gasteiger partial charge on any atom is 0.416 e. The molecule has 1 aromatic heterocycles. The summed E-state index contributed by atoms with van der Waals surface area (Å²) in [6.07, 6.45) is -8.86. The summed E-state index contributed by atoms with van der Waals surface area (Å²) in [6.45, 7) is 2.07. The van der Waals surface area contributed by atoms with Gasteiger partial charge in [-0.25, -0.2) is 0 Å². The molecule has 0 radical (unpaired) electrons. The molecule has 0 spiro atoms. The molecule has 0 saturated carbocycles. The first-order valence-corrected chi connectivity index (χ1v) is 12.4. The molecular weight excluding hydrogens is 564 g/mol. The zero-order chi connectivity index (χ0) is 28.2. The number of nitrogens with zero attached hydrogens (tertiary/aromatic N) is 1. The van der Waals surface area contributed by atoms with Crippen LogP contribution in [0.3, 0.4) is 0 Å². The maximum absolute atomic E-state index is 13.3. The van der Waals surface area contributed by atoms with Crippen molar-refractivity contribution in [1.82, 2.24) is 15.2 Å². The number of carbonyl (C=O) groups is 2. The van der Waals surface area contributed by atoms with Gasteiger partial charge in [0.25, 0.3) is 0 Å². The summed E-state index contributed by atoms with van der Waals surface area (Å²) in [7, 11) is 0. The third kappa shape index (κ3) is 8.21. The van der Waals surface area contributed by atoms with Crippen LogP contribution in [0.5, 0.6) is 0 Å². The number of aromatic amines is 1. The van der Waals surface area contributed by atoms with Gasteiger partial charge in [0.1, 0.15) is 0 Å². The summed E-state index contributed by atoms with van der Waals surface area (Å²) in [5.41, 5.74) is -1.57. The molecule has 1 saturated heterocycles. The summed E-state index contributed by atoms with van der Waals surface area (Å²) in [4.78, 5) is 31.0. The maximum atomic E-state index is 13.3. The van der Waals surface area contributed by atoms with Gasteiger partial charge in [0.05, 0.1) is 36.9 Å². The zero-order valence-corrected chi connectivity index (χ0v) is 22.0. The Hall–Kier alpha value is -3.09. The molecule has 1 unspecified atom stereocenters. The van der Waals surface area contributed by atoms with Crippen LogP contribution in [0.25, 0.3) is 10.9 Å². The highest BCUT2D eigenvalue weighted by molar-refractivity contribution is 5.91. The second-order valence-electron chi connectivity index (χ2n) is 9.45. The first-order chi connectivity index (χ1) is 18.4. The first kappa shape index (κ1) is 31.4. The van der Waals surface area contributed by atoms with E-state index in [9.17, 15) is 35.9 Å². The van der Waals surface area contributed by atoms with Gasteiger partial charge < -0.3 is 15.0 Å². The summed E-state index contributed by atoms with van der Waals surface area (Å²) < 4.78 is 84.7. The number of benzene rings is 2. The van der Waals surface area contributed by atoms with E-state index < -0.39 is 41.2 Å². The lowest BCUT2D eigenvalue weighted by Gasteiger charge is -2.27. The molecule has 0 bridgehead atoms. The molecule has 3 aromatic rings. The van der Waals surface area contributed by atoms with Crippen LogP contribution in [0.4, 0.5) is 26.3 Å². The SMILES string of the molecule is Cl.O=C(CN1CCOCC1)NC(Cc1c[nH]c2ccccc12)C(=O)CCc1cc(C(F)(F)F)cc(C(F)(F)F)c1. The molecule has 40 heavy (non-hydrogen) atoms. The number of rotatable bonds is 9. The average molecular weight is 592 g/mol. The number of hydrogen-bond donors (Lipinski definition) is 2. The van der Waals surface area contributed by atoms with E-state index in [1.165, 1.54) is 0 Å². The number of carbonyl (C=O) groups excluding carboxylic acids is 2. The fourth-order valence-corrected chi connectivity index (χ4v) is 4.57. The van der Waals surface area contributed by atoms with E-state index in [1.54, 1.807) is 6.20 Å². The molecule has 4 rings (SSSR count). The molecule has 2 heterocycles. The normalized spacial score (nSPS) is 15.4. The van der Waals surface area contributed by atoms with E-state index in [2.05, 4.69) is 10.3 Å². The number of ketones is 1. The van der Waals surface area contributed by atoms with Gasteiger partial charge in [-0.3, -0.25) is 14.5 Å². The number of amides is 1. The minimum absolute atomic E-state index is 0. The number of aromatic nitrogens is 1. The molecule has 218 valence electrons. The Morgan fingerprint density at radius 3 is 2.23 bits per heavy atom. The van der Waals surface area contributed by atoms with Crippen LogP contribution in [0.1, 0.15) is 28.7 Å². The van der Waals surface area contributed by atoms with Crippen LogP contribution in [0.15, 0.2) is 48.7 Å². The number of ether oxygens (including phenoxy) is 1. The van der Waals surface area contributed by atoms with Crippen molar-refractivity contribution in [2.24, 2.45) is 0 Å². The number of hydrogen-bond acceptors (Lipinski definition) is 4. The van der Waals surface area contributed by atoms with E-state index in [1.807, 2.05) is 29.2 Å². The van der Waals surface area contributed by atoms with Gasteiger partial charge in [0.2, 0.25) is 5.91 Å². The predicted octanol–water partition coefficient (Wildman–Crippen LogP) is 5.19. The molecule has 2 aromatic carbocycles. The Morgan fingerprint density at radius 1 is 0.975 bits per heavy atom. The van der Waals surface area contributed by atoms with E-state index in [4.69, 9.17) is 4.74 Å². The third-order valence-corrected chi connectivity index (χ3v) is 6.60. The third-order valence-electron chi connectivity index (χ3n) is 6.60. The van der Waals surface area contributed by atoms with Crippen LogP contribution in [-0.4, -0.2) is 60.5 Å². The second kappa shape index (κ2) is 13.0. The highest BCUT2D eigenvalue weighted by atomic mass is 35.5. The molecule has 1 aliphatic rings. The van der Waals surface area contributed by atoms with Gasteiger partial charge in [0.15, 0.2) is 5.78 Å². The van der Waals surface area contributed by atoms with Crippen molar-refractivity contribution in [2.75, 3.05) is 32.8 Å². The summed E-state index contributed by atoms with van der Waals surface area (Å²) >= 11 is 0. The average Bonchev–Trinajstić information content (AvgIpc) is 3.29. The smallest absolute Gasteiger partial charge is 0.379 e. The van der Waals surface area contributed by atoms with E-state index >= 15 is 0 Å². The van der Waals surface area contributed by atoms with Crippen LogP contribution < -0.4 is 5.32 Å². The number of para-hydroxylation sites is 1. The highest BCUT2D eigenvalue weighted by Crippen LogP contribution is 2.36.